The van der Waals surface area contributed by atoms with Crippen molar-refractivity contribution in [3.05, 3.63) is 76.7 Å². The molecule has 0 saturated carbocycles. The van der Waals surface area contributed by atoms with Crippen molar-refractivity contribution in [3.63, 3.8) is 0 Å². The smallest absolute Gasteiger partial charge is 0.262 e. The van der Waals surface area contributed by atoms with Crippen LogP contribution in [0.2, 0.25) is 0 Å². The number of aromatic nitrogens is 4. The average molecular weight is 405 g/mol. The summed E-state index contributed by atoms with van der Waals surface area (Å²) in [4.78, 5) is 32.3. The van der Waals surface area contributed by atoms with Crippen molar-refractivity contribution >= 4 is 34.4 Å². The Morgan fingerprint density at radius 2 is 1.86 bits per heavy atom. The van der Waals surface area contributed by atoms with Crippen LogP contribution in [0, 0.1) is 6.92 Å². The molecule has 0 aliphatic heterocycles. The van der Waals surface area contributed by atoms with Crippen LogP contribution in [-0.4, -0.2) is 30.9 Å². The van der Waals surface area contributed by atoms with Gasteiger partial charge in [0.25, 0.3) is 5.56 Å². The Labute approximate surface area is 171 Å². The van der Waals surface area contributed by atoms with Gasteiger partial charge in [0.15, 0.2) is 10.8 Å². The van der Waals surface area contributed by atoms with E-state index >= 15 is 0 Å². The molecule has 0 spiro atoms. The number of anilines is 1. The van der Waals surface area contributed by atoms with Crippen molar-refractivity contribution in [1.29, 1.82) is 0 Å². The number of carbonyl (C=O) groups is 1. The summed E-state index contributed by atoms with van der Waals surface area (Å²) in [6, 6.07) is 17.1. The summed E-state index contributed by atoms with van der Waals surface area (Å²) >= 11 is 1.19. The topological polar surface area (TPSA) is 92.7 Å². The quantitative estimate of drug-likeness (QED) is 0.391. The van der Waals surface area contributed by atoms with Gasteiger partial charge in [0.1, 0.15) is 5.39 Å². The van der Waals surface area contributed by atoms with Gasteiger partial charge >= 0.3 is 0 Å². The molecule has 0 fully saturated rings. The number of H-pyrrole nitrogens is 1. The average Bonchev–Trinajstić information content (AvgIpc) is 3.15. The van der Waals surface area contributed by atoms with Crippen molar-refractivity contribution in [2.75, 3.05) is 5.32 Å². The molecule has 0 bridgehead atoms. The molecule has 0 aliphatic carbocycles. The Kier molecular flexibility index (Phi) is 5.18. The van der Waals surface area contributed by atoms with Gasteiger partial charge in [0.05, 0.1) is 17.1 Å². The summed E-state index contributed by atoms with van der Waals surface area (Å²) in [6.45, 7) is 3.76. The number of aromatic amines is 1. The Morgan fingerprint density at radius 1 is 1.14 bits per heavy atom. The lowest BCUT2D eigenvalue weighted by atomic mass is 10.2. The van der Waals surface area contributed by atoms with Crippen LogP contribution in [0.25, 0.3) is 16.7 Å². The second-order valence-corrected chi connectivity index (χ2v) is 7.95. The normalized spacial score (nSPS) is 12.1. The molecular weight excluding hydrogens is 386 g/mol. The Bertz CT molecular complexity index is 1220. The molecule has 8 heteroatoms. The third-order valence-corrected chi connectivity index (χ3v) is 5.38. The first kappa shape index (κ1) is 18.9. The van der Waals surface area contributed by atoms with E-state index in [4.69, 9.17) is 0 Å². The van der Waals surface area contributed by atoms with Crippen LogP contribution < -0.4 is 10.9 Å². The maximum Gasteiger partial charge on any atom is 0.262 e. The third-order valence-electron chi connectivity index (χ3n) is 4.39. The zero-order valence-corrected chi connectivity index (χ0v) is 16.7. The third kappa shape index (κ3) is 4.07. The van der Waals surface area contributed by atoms with E-state index in [-0.39, 0.29) is 11.5 Å². The highest BCUT2D eigenvalue weighted by molar-refractivity contribution is 8.00. The van der Waals surface area contributed by atoms with Gasteiger partial charge in [-0.3, -0.25) is 9.59 Å². The molecule has 2 N–H and O–H groups in total. The van der Waals surface area contributed by atoms with Crippen LogP contribution in [0.1, 0.15) is 12.5 Å². The number of rotatable bonds is 5. The van der Waals surface area contributed by atoms with Crippen LogP contribution in [0.5, 0.6) is 0 Å². The van der Waals surface area contributed by atoms with Crippen LogP contribution >= 0.6 is 11.8 Å². The van der Waals surface area contributed by atoms with E-state index in [1.807, 2.05) is 61.5 Å². The zero-order valence-electron chi connectivity index (χ0n) is 15.9. The number of carbonyl (C=O) groups excluding carboxylic acids is 1. The molecule has 4 aromatic rings. The van der Waals surface area contributed by atoms with E-state index in [0.717, 1.165) is 16.9 Å². The molecule has 7 nitrogen and oxygen atoms in total. The molecule has 4 rings (SSSR count). The largest absolute Gasteiger partial charge is 0.325 e. The van der Waals surface area contributed by atoms with Gasteiger partial charge in [-0.1, -0.05) is 47.7 Å². The molecule has 2 aromatic carbocycles. The lowest BCUT2D eigenvalue weighted by Crippen LogP contribution is -2.23. The predicted molar refractivity (Wildman–Crippen MR) is 115 cm³/mol. The lowest BCUT2D eigenvalue weighted by Gasteiger charge is -2.12. The fraction of sp³-hybridized carbons (Fsp3) is 0.143. The first-order chi connectivity index (χ1) is 14.0. The highest BCUT2D eigenvalue weighted by Gasteiger charge is 2.18. The Morgan fingerprint density at radius 3 is 2.59 bits per heavy atom. The fourth-order valence-electron chi connectivity index (χ4n) is 2.81. The van der Waals surface area contributed by atoms with E-state index in [2.05, 4.69) is 20.4 Å². The Balaban J connectivity index is 1.58. The number of fused-ring (bicyclic) bond motifs is 1. The summed E-state index contributed by atoms with van der Waals surface area (Å²) in [6.07, 6.45) is 1.50. The van der Waals surface area contributed by atoms with E-state index in [1.54, 1.807) is 11.6 Å². The van der Waals surface area contributed by atoms with Gasteiger partial charge in [0, 0.05) is 5.69 Å². The van der Waals surface area contributed by atoms with E-state index in [9.17, 15) is 9.59 Å². The predicted octanol–water partition coefficient (Wildman–Crippen LogP) is 3.54. The zero-order chi connectivity index (χ0) is 20.4. The molecule has 1 amide bonds. The minimum Gasteiger partial charge on any atom is -0.325 e. The number of para-hydroxylation sites is 1. The molecule has 0 saturated heterocycles. The van der Waals surface area contributed by atoms with Crippen molar-refractivity contribution < 1.29 is 4.79 Å². The first-order valence-corrected chi connectivity index (χ1v) is 9.97. The van der Waals surface area contributed by atoms with Gasteiger partial charge in [-0.25, -0.2) is 9.67 Å². The number of hydrogen-bond donors (Lipinski definition) is 2. The molecule has 0 radical (unpaired) electrons. The number of amides is 1. The number of benzene rings is 2. The van der Waals surface area contributed by atoms with Crippen LogP contribution in [0.3, 0.4) is 0 Å². The Hall–Kier alpha value is -3.39. The van der Waals surface area contributed by atoms with Gasteiger partial charge in [-0.2, -0.15) is 5.10 Å². The number of hydrogen-bond acceptors (Lipinski definition) is 5. The summed E-state index contributed by atoms with van der Waals surface area (Å²) in [5.41, 5.74) is 2.82. The number of nitrogens with one attached hydrogen (secondary N) is 2. The molecule has 2 aromatic heterocycles. The van der Waals surface area contributed by atoms with Crippen LogP contribution in [0.15, 0.2) is 70.7 Å². The van der Waals surface area contributed by atoms with E-state index in [1.165, 1.54) is 18.0 Å². The minimum absolute atomic E-state index is 0.168. The molecule has 2 heterocycles. The maximum absolute atomic E-state index is 12.5. The SMILES string of the molecule is Cc1ccc(NC(=O)C(C)Sc2nc3c(cnn3-c3ccccc3)c(=O)[nH]2)cc1. The van der Waals surface area contributed by atoms with Crippen LogP contribution in [-0.2, 0) is 4.79 Å². The first-order valence-electron chi connectivity index (χ1n) is 9.09. The summed E-state index contributed by atoms with van der Waals surface area (Å²) in [7, 11) is 0. The number of aryl methyl sites for hydroxylation is 1. The molecular formula is C21H19N5O2S. The summed E-state index contributed by atoms with van der Waals surface area (Å²) < 4.78 is 1.62. The van der Waals surface area contributed by atoms with Crippen molar-refractivity contribution in [2.24, 2.45) is 0 Å². The van der Waals surface area contributed by atoms with Gasteiger partial charge in [0.2, 0.25) is 5.91 Å². The lowest BCUT2D eigenvalue weighted by molar-refractivity contribution is -0.115. The summed E-state index contributed by atoms with van der Waals surface area (Å²) in [5.74, 6) is -0.168. The van der Waals surface area contributed by atoms with Crippen molar-refractivity contribution in [2.45, 2.75) is 24.3 Å². The van der Waals surface area contributed by atoms with E-state index < -0.39 is 5.25 Å². The highest BCUT2D eigenvalue weighted by atomic mass is 32.2. The van der Waals surface area contributed by atoms with Crippen LogP contribution in [0.4, 0.5) is 5.69 Å². The monoisotopic (exact) mass is 405 g/mol. The summed E-state index contributed by atoms with van der Waals surface area (Å²) in [5, 5.41) is 7.48. The standard InChI is InChI=1S/C21H19N5O2S/c1-13-8-10-15(11-9-13)23-19(27)14(2)29-21-24-18-17(20(28)25-21)12-22-26(18)16-6-4-3-5-7-16/h3-12,14H,1-2H3,(H,23,27)(H,24,25,28). The maximum atomic E-state index is 12.5. The fourth-order valence-corrected chi connectivity index (χ4v) is 3.61. The molecule has 29 heavy (non-hydrogen) atoms. The van der Waals surface area contributed by atoms with Crippen molar-refractivity contribution in [3.8, 4) is 5.69 Å². The minimum atomic E-state index is -0.454. The highest BCUT2D eigenvalue weighted by Crippen LogP contribution is 2.22. The van der Waals surface area contributed by atoms with Gasteiger partial charge in [-0.05, 0) is 38.1 Å². The van der Waals surface area contributed by atoms with Gasteiger partial charge in [-0.15, -0.1) is 0 Å². The van der Waals surface area contributed by atoms with Gasteiger partial charge < -0.3 is 10.3 Å². The second-order valence-electron chi connectivity index (χ2n) is 6.62. The van der Waals surface area contributed by atoms with Crippen molar-refractivity contribution in [1.82, 2.24) is 19.7 Å². The van der Waals surface area contributed by atoms with E-state index in [0.29, 0.717) is 16.2 Å². The number of thioether (sulfide) groups is 1. The molecule has 1 atom stereocenters. The molecule has 146 valence electrons. The molecule has 0 aliphatic rings. The number of nitrogens with zero attached hydrogens (tertiary/aromatic N) is 3. The second kappa shape index (κ2) is 7.92. The molecule has 1 unspecified atom stereocenters.